The molecular weight excluding hydrogens is 320 g/mol. The van der Waals surface area contributed by atoms with Crippen molar-refractivity contribution < 1.29 is 9.90 Å². The van der Waals surface area contributed by atoms with E-state index < -0.39 is 5.97 Å². The van der Waals surface area contributed by atoms with Crippen molar-refractivity contribution in [1.29, 1.82) is 0 Å². The van der Waals surface area contributed by atoms with Crippen LogP contribution in [-0.4, -0.2) is 11.1 Å². The van der Waals surface area contributed by atoms with Gasteiger partial charge in [0.1, 0.15) is 0 Å². The number of aliphatic carboxylic acids is 1. The Kier molecular flexibility index (Phi) is 19.4. The molecule has 0 saturated heterocycles. The van der Waals surface area contributed by atoms with E-state index >= 15 is 0 Å². The summed E-state index contributed by atoms with van der Waals surface area (Å²) in [7, 11) is 0. The van der Waals surface area contributed by atoms with Crippen molar-refractivity contribution in [1.82, 2.24) is 0 Å². The molecule has 1 N–H and O–H groups in total. The Morgan fingerprint density at radius 2 is 1.23 bits per heavy atom. The van der Waals surface area contributed by atoms with E-state index in [1.807, 2.05) is 18.2 Å². The lowest BCUT2D eigenvalue weighted by Crippen LogP contribution is -2.10. The number of hydrogen-bond donors (Lipinski definition) is 1. The van der Waals surface area contributed by atoms with Gasteiger partial charge in [-0.05, 0) is 12.8 Å². The van der Waals surface area contributed by atoms with Gasteiger partial charge in [-0.2, -0.15) is 0 Å². The summed E-state index contributed by atoms with van der Waals surface area (Å²) < 4.78 is 0. The van der Waals surface area contributed by atoms with Crippen LogP contribution in [0.5, 0.6) is 0 Å². The Bertz CT molecular complexity index is 357. The molecule has 0 rings (SSSR count). The summed E-state index contributed by atoms with van der Waals surface area (Å²) in [6.45, 7) is 4.44. The minimum Gasteiger partial charge on any atom is -0.481 e. The van der Waals surface area contributed by atoms with Crippen molar-refractivity contribution in [2.75, 3.05) is 0 Å². The average Bonchev–Trinajstić information content (AvgIpc) is 2.63. The maximum absolute atomic E-state index is 11.3. The van der Waals surface area contributed by atoms with E-state index in [0.717, 1.165) is 19.3 Å². The van der Waals surface area contributed by atoms with Crippen molar-refractivity contribution >= 4 is 5.97 Å². The van der Waals surface area contributed by atoms with E-state index in [4.69, 9.17) is 0 Å². The van der Waals surface area contributed by atoms with Crippen LogP contribution < -0.4 is 0 Å². The van der Waals surface area contributed by atoms with Crippen LogP contribution in [0, 0.1) is 5.92 Å². The molecule has 0 radical (unpaired) electrons. The molecule has 0 aliphatic carbocycles. The van der Waals surface area contributed by atoms with Gasteiger partial charge in [0.05, 0.1) is 5.92 Å². The van der Waals surface area contributed by atoms with Crippen molar-refractivity contribution in [3.8, 4) is 0 Å². The van der Waals surface area contributed by atoms with Crippen molar-refractivity contribution in [2.45, 2.75) is 117 Å². The predicted octanol–water partition coefficient (Wildman–Crippen LogP) is 8.08. The number of carboxylic acid groups (broad SMARTS) is 1. The first-order chi connectivity index (χ1) is 12.7. The summed E-state index contributed by atoms with van der Waals surface area (Å²) in [5, 5.41) is 9.32. The minimum atomic E-state index is -0.689. The van der Waals surface area contributed by atoms with Crippen molar-refractivity contribution in [2.24, 2.45) is 5.92 Å². The van der Waals surface area contributed by atoms with Crippen LogP contribution in [0.25, 0.3) is 0 Å². The highest BCUT2D eigenvalue weighted by atomic mass is 16.4. The van der Waals surface area contributed by atoms with Gasteiger partial charge in [0.25, 0.3) is 0 Å². The monoisotopic (exact) mass is 364 g/mol. The third-order valence-electron chi connectivity index (χ3n) is 5.00. The first-order valence-corrected chi connectivity index (χ1v) is 11.3. The standard InChI is InChI=1S/C24H44O2/c1-3-5-7-9-11-12-13-14-15-16-18-20-22-23(24(25)26)21-19-17-10-8-6-4-2/h10,17,19,21,23H,3-9,11-16,18,20,22H2,1-2H3,(H,25,26). The molecule has 0 saturated carbocycles. The highest BCUT2D eigenvalue weighted by molar-refractivity contribution is 5.72. The molecule has 0 bridgehead atoms. The van der Waals surface area contributed by atoms with E-state index in [0.29, 0.717) is 0 Å². The molecule has 0 aromatic rings. The fraction of sp³-hybridized carbons (Fsp3) is 0.792. The molecular formula is C24H44O2. The van der Waals surface area contributed by atoms with Crippen LogP contribution >= 0.6 is 0 Å². The summed E-state index contributed by atoms with van der Waals surface area (Å²) in [5.74, 6) is -1.01. The van der Waals surface area contributed by atoms with E-state index in [1.165, 1.54) is 83.5 Å². The maximum atomic E-state index is 11.3. The number of carboxylic acids is 1. The average molecular weight is 365 g/mol. The molecule has 0 spiro atoms. The van der Waals surface area contributed by atoms with Crippen LogP contribution in [0.1, 0.15) is 117 Å². The van der Waals surface area contributed by atoms with Gasteiger partial charge in [-0.25, -0.2) is 0 Å². The van der Waals surface area contributed by atoms with Crippen LogP contribution in [-0.2, 0) is 4.79 Å². The molecule has 0 aliphatic rings. The first-order valence-electron chi connectivity index (χ1n) is 11.3. The highest BCUT2D eigenvalue weighted by Gasteiger charge is 2.12. The predicted molar refractivity (Wildman–Crippen MR) is 115 cm³/mol. The summed E-state index contributed by atoms with van der Waals surface area (Å²) in [6.07, 6.45) is 27.9. The molecule has 1 unspecified atom stereocenters. The Hall–Kier alpha value is -1.05. The van der Waals surface area contributed by atoms with E-state index in [-0.39, 0.29) is 5.92 Å². The lowest BCUT2D eigenvalue weighted by molar-refractivity contribution is -0.140. The number of unbranched alkanes of at least 4 members (excludes halogenated alkanes) is 13. The largest absolute Gasteiger partial charge is 0.481 e. The Labute approximate surface area is 163 Å². The zero-order valence-corrected chi connectivity index (χ0v) is 17.6. The van der Waals surface area contributed by atoms with Gasteiger partial charge in [-0.3, -0.25) is 4.79 Å². The van der Waals surface area contributed by atoms with Gasteiger partial charge in [0.2, 0.25) is 0 Å². The maximum Gasteiger partial charge on any atom is 0.310 e. The first kappa shape index (κ1) is 24.9. The van der Waals surface area contributed by atoms with Crippen LogP contribution in [0.4, 0.5) is 0 Å². The fourth-order valence-corrected chi connectivity index (χ4v) is 3.20. The van der Waals surface area contributed by atoms with E-state index in [2.05, 4.69) is 19.9 Å². The molecule has 1 atom stereocenters. The number of allylic oxidation sites excluding steroid dienone is 3. The number of carbonyl (C=O) groups is 1. The second-order valence-electron chi connectivity index (χ2n) is 7.58. The van der Waals surface area contributed by atoms with Crippen LogP contribution in [0.3, 0.4) is 0 Å². The molecule has 0 amide bonds. The van der Waals surface area contributed by atoms with E-state index in [9.17, 15) is 9.90 Å². The molecule has 0 heterocycles. The molecule has 0 aromatic heterocycles. The molecule has 0 fully saturated rings. The number of rotatable bonds is 19. The molecule has 2 heteroatoms. The smallest absolute Gasteiger partial charge is 0.310 e. The highest BCUT2D eigenvalue weighted by Crippen LogP contribution is 2.15. The Morgan fingerprint density at radius 1 is 0.731 bits per heavy atom. The minimum absolute atomic E-state index is 0.325. The second-order valence-corrected chi connectivity index (χ2v) is 7.58. The van der Waals surface area contributed by atoms with Gasteiger partial charge in [-0.1, -0.05) is 128 Å². The van der Waals surface area contributed by atoms with Crippen LogP contribution in [0.15, 0.2) is 24.3 Å². The summed E-state index contributed by atoms with van der Waals surface area (Å²) in [4.78, 5) is 11.3. The third-order valence-corrected chi connectivity index (χ3v) is 5.00. The van der Waals surface area contributed by atoms with Gasteiger partial charge < -0.3 is 5.11 Å². The molecule has 152 valence electrons. The molecule has 0 aromatic carbocycles. The fourth-order valence-electron chi connectivity index (χ4n) is 3.20. The third kappa shape index (κ3) is 17.8. The van der Waals surface area contributed by atoms with Gasteiger partial charge in [0, 0.05) is 0 Å². The summed E-state index contributed by atoms with van der Waals surface area (Å²) in [6, 6.07) is 0. The molecule has 2 nitrogen and oxygen atoms in total. The summed E-state index contributed by atoms with van der Waals surface area (Å²) in [5.41, 5.74) is 0. The lowest BCUT2D eigenvalue weighted by Gasteiger charge is -2.07. The van der Waals surface area contributed by atoms with Gasteiger partial charge >= 0.3 is 5.97 Å². The molecule has 0 aliphatic heterocycles. The van der Waals surface area contributed by atoms with Crippen LogP contribution in [0.2, 0.25) is 0 Å². The summed E-state index contributed by atoms with van der Waals surface area (Å²) >= 11 is 0. The van der Waals surface area contributed by atoms with E-state index in [1.54, 1.807) is 0 Å². The zero-order chi connectivity index (χ0) is 19.3. The van der Waals surface area contributed by atoms with Crippen molar-refractivity contribution in [3.63, 3.8) is 0 Å². The normalized spacial score (nSPS) is 13.0. The quantitative estimate of drug-likeness (QED) is 0.186. The SMILES string of the molecule is CCCCC=CC=CC(CCCCCCCCCCCCCC)C(=O)O. The zero-order valence-electron chi connectivity index (χ0n) is 17.6. The Morgan fingerprint density at radius 3 is 1.73 bits per heavy atom. The van der Waals surface area contributed by atoms with Gasteiger partial charge in [-0.15, -0.1) is 0 Å². The lowest BCUT2D eigenvalue weighted by atomic mass is 9.99. The van der Waals surface area contributed by atoms with Crippen molar-refractivity contribution in [3.05, 3.63) is 24.3 Å². The topological polar surface area (TPSA) is 37.3 Å². The van der Waals surface area contributed by atoms with Gasteiger partial charge in [0.15, 0.2) is 0 Å². The number of hydrogen-bond acceptors (Lipinski definition) is 1. The Balaban J connectivity index is 3.58. The molecule has 26 heavy (non-hydrogen) atoms. The second kappa shape index (κ2) is 20.3.